The highest BCUT2D eigenvalue weighted by Crippen LogP contribution is 2.42. The molecule has 32 heavy (non-hydrogen) atoms. The van der Waals surface area contributed by atoms with Gasteiger partial charge in [-0.25, -0.2) is 0 Å². The van der Waals surface area contributed by atoms with Crippen LogP contribution in [0.3, 0.4) is 0 Å². The molecule has 0 spiro atoms. The Bertz CT molecular complexity index is 1230. The zero-order chi connectivity index (χ0) is 21.9. The van der Waals surface area contributed by atoms with Crippen LogP contribution in [0.1, 0.15) is 0 Å². The van der Waals surface area contributed by atoms with E-state index in [0.29, 0.717) is 0 Å². The smallest absolute Gasteiger partial charge is 0.0130 e. The molecule has 0 aliphatic rings. The van der Waals surface area contributed by atoms with Crippen molar-refractivity contribution in [1.29, 1.82) is 0 Å². The molecule has 5 rings (SSSR count). The van der Waals surface area contributed by atoms with E-state index in [9.17, 15) is 0 Å². The van der Waals surface area contributed by atoms with Crippen molar-refractivity contribution in [3.05, 3.63) is 128 Å². The first-order chi connectivity index (χ1) is 15.7. The van der Waals surface area contributed by atoms with Crippen LogP contribution in [-0.2, 0) is 0 Å². The lowest BCUT2D eigenvalue weighted by Crippen LogP contribution is -1.92. The molecule has 0 saturated heterocycles. The van der Waals surface area contributed by atoms with Gasteiger partial charge in [0, 0.05) is 7.14 Å². The van der Waals surface area contributed by atoms with E-state index < -0.39 is 0 Å². The first-order valence-electron chi connectivity index (χ1n) is 10.5. The maximum atomic E-state index is 2.37. The van der Waals surface area contributed by atoms with E-state index >= 15 is 0 Å². The van der Waals surface area contributed by atoms with Gasteiger partial charge < -0.3 is 0 Å². The van der Waals surface area contributed by atoms with Gasteiger partial charge in [0.05, 0.1) is 0 Å². The third kappa shape index (κ3) is 4.52. The lowest BCUT2D eigenvalue weighted by atomic mass is 9.86. The molecule has 5 aromatic carbocycles. The quantitative estimate of drug-likeness (QED) is 0.173. The number of rotatable bonds is 4. The van der Waals surface area contributed by atoms with E-state index in [0.717, 1.165) is 0 Å². The predicted molar refractivity (Wildman–Crippen MR) is 154 cm³/mol. The Labute approximate surface area is 216 Å². The van der Waals surface area contributed by atoms with Gasteiger partial charge in [-0.15, -0.1) is 0 Å². The van der Waals surface area contributed by atoms with Gasteiger partial charge in [0.2, 0.25) is 0 Å². The maximum Gasteiger partial charge on any atom is 0.0130 e. The lowest BCUT2D eigenvalue weighted by Gasteiger charge is -2.18. The zero-order valence-electron chi connectivity index (χ0n) is 17.3. The number of hydrogen-bond donors (Lipinski definition) is 0. The highest BCUT2D eigenvalue weighted by atomic mass is 127. The summed E-state index contributed by atoms with van der Waals surface area (Å²) in [6.07, 6.45) is 0. The van der Waals surface area contributed by atoms with Crippen molar-refractivity contribution in [3.8, 4) is 44.5 Å². The fourth-order valence-electron chi connectivity index (χ4n) is 4.05. The van der Waals surface area contributed by atoms with Crippen molar-refractivity contribution in [2.75, 3.05) is 0 Å². The van der Waals surface area contributed by atoms with Crippen LogP contribution in [0.2, 0.25) is 0 Å². The van der Waals surface area contributed by atoms with Gasteiger partial charge in [0.1, 0.15) is 0 Å². The average molecular weight is 634 g/mol. The summed E-state index contributed by atoms with van der Waals surface area (Å²) >= 11 is 4.73. The third-order valence-corrected chi connectivity index (χ3v) is 7.08. The average Bonchev–Trinajstić information content (AvgIpc) is 2.85. The first kappa shape index (κ1) is 21.4. The van der Waals surface area contributed by atoms with Gasteiger partial charge in [-0.2, -0.15) is 0 Å². The molecule has 0 N–H and O–H groups in total. The van der Waals surface area contributed by atoms with Crippen molar-refractivity contribution in [1.82, 2.24) is 0 Å². The second-order valence-electron chi connectivity index (χ2n) is 7.69. The summed E-state index contributed by atoms with van der Waals surface area (Å²) in [5, 5.41) is 0. The minimum absolute atomic E-state index is 1.23. The van der Waals surface area contributed by atoms with Crippen LogP contribution in [0, 0.1) is 7.14 Å². The molecular formula is C30H20I2. The number of halogens is 2. The summed E-state index contributed by atoms with van der Waals surface area (Å²) in [4.78, 5) is 0. The van der Waals surface area contributed by atoms with E-state index in [1.54, 1.807) is 0 Å². The Morgan fingerprint density at radius 3 is 0.906 bits per heavy atom. The Morgan fingerprint density at radius 2 is 0.594 bits per heavy atom. The van der Waals surface area contributed by atoms with Gasteiger partial charge >= 0.3 is 0 Å². The minimum atomic E-state index is 1.23. The Kier molecular flexibility index (Phi) is 6.42. The van der Waals surface area contributed by atoms with E-state index in [4.69, 9.17) is 0 Å². The molecule has 2 heteroatoms. The first-order valence-corrected chi connectivity index (χ1v) is 12.7. The van der Waals surface area contributed by atoms with Crippen LogP contribution < -0.4 is 0 Å². The van der Waals surface area contributed by atoms with E-state index in [-0.39, 0.29) is 0 Å². The summed E-state index contributed by atoms with van der Waals surface area (Å²) in [7, 11) is 0. The molecule has 0 saturated carbocycles. The van der Waals surface area contributed by atoms with Crippen molar-refractivity contribution >= 4 is 45.2 Å². The molecule has 0 aliphatic heterocycles. The second kappa shape index (κ2) is 9.59. The van der Waals surface area contributed by atoms with Crippen molar-refractivity contribution < 1.29 is 0 Å². The molecule has 0 unspecified atom stereocenters. The van der Waals surface area contributed by atoms with Gasteiger partial charge in [-0.3, -0.25) is 0 Å². The van der Waals surface area contributed by atoms with Gasteiger partial charge in [0.25, 0.3) is 0 Å². The molecule has 0 atom stereocenters. The number of benzene rings is 5. The minimum Gasteiger partial charge on any atom is -0.0622 e. The Balaban J connectivity index is 1.83. The van der Waals surface area contributed by atoms with Crippen LogP contribution in [0.25, 0.3) is 44.5 Å². The summed E-state index contributed by atoms with van der Waals surface area (Å²) < 4.78 is 2.48. The molecule has 154 valence electrons. The second-order valence-corrected chi connectivity index (χ2v) is 10.2. The SMILES string of the molecule is Ic1ccc(-c2cc(-c3ccc(I)cc3)c(-c3ccccc3)cc2-c2ccccc2)cc1. The van der Waals surface area contributed by atoms with Crippen molar-refractivity contribution in [2.45, 2.75) is 0 Å². The highest BCUT2D eigenvalue weighted by Gasteiger charge is 2.16. The lowest BCUT2D eigenvalue weighted by molar-refractivity contribution is 1.53. The van der Waals surface area contributed by atoms with Crippen LogP contribution in [0.4, 0.5) is 0 Å². The molecule has 0 fully saturated rings. The van der Waals surface area contributed by atoms with E-state index in [1.165, 1.54) is 51.6 Å². The van der Waals surface area contributed by atoms with Gasteiger partial charge in [-0.05, 0) is 126 Å². The van der Waals surface area contributed by atoms with Crippen molar-refractivity contribution in [3.63, 3.8) is 0 Å². The highest BCUT2D eigenvalue weighted by molar-refractivity contribution is 14.1. The molecular weight excluding hydrogens is 614 g/mol. The normalized spacial score (nSPS) is 10.8. The zero-order valence-corrected chi connectivity index (χ0v) is 21.6. The number of hydrogen-bond acceptors (Lipinski definition) is 0. The van der Waals surface area contributed by atoms with E-state index in [1.807, 2.05) is 0 Å². The van der Waals surface area contributed by atoms with Crippen LogP contribution in [-0.4, -0.2) is 0 Å². The van der Waals surface area contributed by atoms with E-state index in [2.05, 4.69) is 167 Å². The van der Waals surface area contributed by atoms with Gasteiger partial charge in [0.15, 0.2) is 0 Å². The fraction of sp³-hybridized carbons (Fsp3) is 0. The van der Waals surface area contributed by atoms with Crippen LogP contribution in [0.5, 0.6) is 0 Å². The maximum absolute atomic E-state index is 2.37. The predicted octanol–water partition coefficient (Wildman–Crippen LogP) is 9.56. The molecule has 0 nitrogen and oxygen atoms in total. The molecule has 0 amide bonds. The molecule has 5 aromatic rings. The Morgan fingerprint density at radius 1 is 0.312 bits per heavy atom. The molecule has 0 radical (unpaired) electrons. The Hall–Kier alpha value is -2.44. The monoisotopic (exact) mass is 634 g/mol. The molecule has 0 aliphatic carbocycles. The summed E-state index contributed by atoms with van der Waals surface area (Å²) in [6.45, 7) is 0. The summed E-state index contributed by atoms with van der Waals surface area (Å²) in [5.41, 5.74) is 9.92. The topological polar surface area (TPSA) is 0 Å². The molecule has 0 bridgehead atoms. The van der Waals surface area contributed by atoms with Gasteiger partial charge in [-0.1, -0.05) is 84.9 Å². The molecule has 0 aromatic heterocycles. The van der Waals surface area contributed by atoms with Crippen molar-refractivity contribution in [2.24, 2.45) is 0 Å². The molecule has 0 heterocycles. The standard InChI is InChI=1S/C30H20I2/c31-25-15-11-23(12-16-25)29-20-30(24-13-17-26(32)18-14-24)28(22-9-5-2-6-10-22)19-27(29)21-7-3-1-4-8-21/h1-20H. The summed E-state index contributed by atoms with van der Waals surface area (Å²) in [5.74, 6) is 0. The third-order valence-electron chi connectivity index (χ3n) is 5.64. The van der Waals surface area contributed by atoms with Crippen LogP contribution in [0.15, 0.2) is 121 Å². The fourth-order valence-corrected chi connectivity index (χ4v) is 4.77. The summed E-state index contributed by atoms with van der Waals surface area (Å²) in [6, 6.07) is 43.8. The van der Waals surface area contributed by atoms with Crippen LogP contribution >= 0.6 is 45.2 Å². The largest absolute Gasteiger partial charge is 0.0622 e.